The Morgan fingerprint density at radius 3 is 2.75 bits per heavy atom. The number of nitrogens with zero attached hydrogens (tertiary/aromatic N) is 2. The highest BCUT2D eigenvalue weighted by Gasteiger charge is 2.13. The van der Waals surface area contributed by atoms with E-state index in [4.69, 9.17) is 0 Å². The van der Waals surface area contributed by atoms with Crippen molar-refractivity contribution in [2.45, 2.75) is 19.4 Å². The topological polar surface area (TPSA) is 87.1 Å². The van der Waals surface area contributed by atoms with Crippen molar-refractivity contribution in [2.24, 2.45) is 0 Å². The molecular formula is C17H18N4O2S. The van der Waals surface area contributed by atoms with Gasteiger partial charge in [0.15, 0.2) is 0 Å². The van der Waals surface area contributed by atoms with Crippen LogP contribution >= 0.6 is 11.3 Å². The van der Waals surface area contributed by atoms with Crippen molar-refractivity contribution < 1.29 is 9.90 Å². The Morgan fingerprint density at radius 2 is 2.04 bits per heavy atom. The monoisotopic (exact) mass is 342 g/mol. The third-order valence-electron chi connectivity index (χ3n) is 3.51. The average molecular weight is 342 g/mol. The number of anilines is 1. The average Bonchev–Trinajstić information content (AvgIpc) is 3.04. The summed E-state index contributed by atoms with van der Waals surface area (Å²) in [6, 6.07) is 9.48. The number of carbonyl (C=O) groups excluding carboxylic acids is 1. The highest BCUT2D eigenvalue weighted by atomic mass is 32.1. The predicted molar refractivity (Wildman–Crippen MR) is 95.2 cm³/mol. The summed E-state index contributed by atoms with van der Waals surface area (Å²) in [6.45, 7) is 2.09. The van der Waals surface area contributed by atoms with Crippen LogP contribution in [0.3, 0.4) is 0 Å². The zero-order chi connectivity index (χ0) is 16.9. The molecule has 3 aromatic rings. The van der Waals surface area contributed by atoms with Gasteiger partial charge in [0.1, 0.15) is 11.9 Å². The van der Waals surface area contributed by atoms with E-state index in [1.807, 2.05) is 37.3 Å². The minimum Gasteiger partial charge on any atom is -0.386 e. The van der Waals surface area contributed by atoms with Gasteiger partial charge in [-0.3, -0.25) is 0 Å². The summed E-state index contributed by atoms with van der Waals surface area (Å²) >= 11 is 1.52. The SMILES string of the molecule is CCc1ncc(NC(=O)NCC(O)c2cc3ccccc3s2)cn1. The van der Waals surface area contributed by atoms with Crippen LogP contribution in [0.4, 0.5) is 10.5 Å². The Labute approximate surface area is 143 Å². The highest BCUT2D eigenvalue weighted by molar-refractivity contribution is 7.19. The lowest BCUT2D eigenvalue weighted by atomic mass is 10.2. The molecule has 0 saturated carbocycles. The summed E-state index contributed by atoms with van der Waals surface area (Å²) in [5.74, 6) is 0.723. The fraction of sp³-hybridized carbons (Fsp3) is 0.235. The predicted octanol–water partition coefficient (Wildman–Crippen LogP) is 3.11. The van der Waals surface area contributed by atoms with E-state index in [1.165, 1.54) is 11.3 Å². The maximum absolute atomic E-state index is 11.9. The van der Waals surface area contributed by atoms with Crippen molar-refractivity contribution in [2.75, 3.05) is 11.9 Å². The molecule has 3 rings (SSSR count). The van der Waals surface area contributed by atoms with Gasteiger partial charge in [-0.25, -0.2) is 14.8 Å². The zero-order valence-electron chi connectivity index (χ0n) is 13.2. The smallest absolute Gasteiger partial charge is 0.319 e. The largest absolute Gasteiger partial charge is 0.386 e. The minimum atomic E-state index is -0.744. The normalized spacial score (nSPS) is 12.1. The lowest BCUT2D eigenvalue weighted by Crippen LogP contribution is -2.32. The molecule has 2 aromatic heterocycles. The van der Waals surface area contributed by atoms with Gasteiger partial charge in [-0.1, -0.05) is 25.1 Å². The van der Waals surface area contributed by atoms with Crippen molar-refractivity contribution >= 4 is 33.1 Å². The molecule has 0 aliphatic rings. The van der Waals surface area contributed by atoms with Gasteiger partial charge in [0.25, 0.3) is 0 Å². The van der Waals surface area contributed by atoms with Crippen LogP contribution in [0.1, 0.15) is 23.7 Å². The molecule has 0 radical (unpaired) electrons. The number of aliphatic hydroxyl groups excluding tert-OH is 1. The van der Waals surface area contributed by atoms with Gasteiger partial charge in [-0.2, -0.15) is 0 Å². The number of aliphatic hydroxyl groups is 1. The van der Waals surface area contributed by atoms with Crippen molar-refractivity contribution in [3.05, 3.63) is 53.4 Å². The van der Waals surface area contributed by atoms with Crippen molar-refractivity contribution in [3.63, 3.8) is 0 Å². The number of nitrogens with one attached hydrogen (secondary N) is 2. The number of fused-ring (bicyclic) bond motifs is 1. The molecule has 0 bridgehead atoms. The van der Waals surface area contributed by atoms with Crippen molar-refractivity contribution in [1.82, 2.24) is 15.3 Å². The molecule has 0 spiro atoms. The van der Waals surface area contributed by atoms with E-state index in [-0.39, 0.29) is 6.54 Å². The summed E-state index contributed by atoms with van der Waals surface area (Å²) in [7, 11) is 0. The van der Waals surface area contributed by atoms with E-state index in [2.05, 4.69) is 20.6 Å². The number of hydrogen-bond acceptors (Lipinski definition) is 5. The quantitative estimate of drug-likeness (QED) is 0.665. The van der Waals surface area contributed by atoms with Gasteiger partial charge in [-0.05, 0) is 17.5 Å². The summed E-state index contributed by atoms with van der Waals surface area (Å²) in [5, 5.41) is 16.6. The first-order chi connectivity index (χ1) is 11.7. The van der Waals surface area contributed by atoms with Crippen LogP contribution in [0.15, 0.2) is 42.7 Å². The summed E-state index contributed by atoms with van der Waals surface area (Å²) < 4.78 is 1.11. The molecular weight excluding hydrogens is 324 g/mol. The van der Waals surface area contributed by atoms with Gasteiger partial charge in [-0.15, -0.1) is 11.3 Å². The van der Waals surface area contributed by atoms with Gasteiger partial charge in [0.2, 0.25) is 0 Å². The molecule has 1 aromatic carbocycles. The molecule has 0 fully saturated rings. The summed E-state index contributed by atoms with van der Waals surface area (Å²) in [4.78, 5) is 20.9. The van der Waals surface area contributed by atoms with Crippen LogP contribution in [0.5, 0.6) is 0 Å². The lowest BCUT2D eigenvalue weighted by Gasteiger charge is -2.11. The van der Waals surface area contributed by atoms with Gasteiger partial charge in [0, 0.05) is 16.0 Å². The molecule has 2 heterocycles. The van der Waals surface area contributed by atoms with Crippen LogP contribution in [0, 0.1) is 0 Å². The second-order valence-electron chi connectivity index (χ2n) is 5.28. The fourth-order valence-electron chi connectivity index (χ4n) is 2.23. The molecule has 124 valence electrons. The van der Waals surface area contributed by atoms with E-state index >= 15 is 0 Å². The number of thiophene rings is 1. The van der Waals surface area contributed by atoms with Crippen LogP contribution < -0.4 is 10.6 Å². The van der Waals surface area contributed by atoms with E-state index in [0.717, 1.165) is 27.2 Å². The summed E-state index contributed by atoms with van der Waals surface area (Å²) in [6.07, 6.45) is 3.13. The van der Waals surface area contributed by atoms with E-state index in [0.29, 0.717) is 5.69 Å². The first-order valence-corrected chi connectivity index (χ1v) is 8.49. The van der Waals surface area contributed by atoms with E-state index < -0.39 is 12.1 Å². The minimum absolute atomic E-state index is 0.132. The number of aromatic nitrogens is 2. The first kappa shape index (κ1) is 16.4. The second-order valence-corrected chi connectivity index (χ2v) is 6.39. The highest BCUT2D eigenvalue weighted by Crippen LogP contribution is 2.29. The Bertz CT molecular complexity index is 799. The molecule has 1 atom stereocenters. The number of carbonyl (C=O) groups is 1. The number of amides is 2. The Morgan fingerprint density at radius 1 is 1.29 bits per heavy atom. The Kier molecular flexibility index (Phi) is 5.02. The van der Waals surface area contributed by atoms with E-state index in [1.54, 1.807) is 12.4 Å². The third kappa shape index (κ3) is 3.87. The Balaban J connectivity index is 1.54. The fourth-order valence-corrected chi connectivity index (χ4v) is 3.28. The molecule has 24 heavy (non-hydrogen) atoms. The van der Waals surface area contributed by atoms with Crippen molar-refractivity contribution in [1.29, 1.82) is 0 Å². The number of aryl methyl sites for hydroxylation is 1. The molecule has 3 N–H and O–H groups in total. The molecule has 0 saturated heterocycles. The molecule has 2 amide bonds. The van der Waals surface area contributed by atoms with Gasteiger partial charge >= 0.3 is 6.03 Å². The maximum Gasteiger partial charge on any atom is 0.319 e. The number of benzene rings is 1. The molecule has 6 nitrogen and oxygen atoms in total. The summed E-state index contributed by atoms with van der Waals surface area (Å²) in [5.41, 5.74) is 0.515. The van der Waals surface area contributed by atoms with Crippen LogP contribution in [0.25, 0.3) is 10.1 Å². The second kappa shape index (κ2) is 7.37. The number of urea groups is 1. The standard InChI is InChI=1S/C17H18N4O2S/c1-2-16-18-8-12(9-19-16)21-17(23)20-10-13(22)15-7-11-5-3-4-6-14(11)24-15/h3-9,13,22H,2,10H2,1H3,(H2,20,21,23). The van der Waals surface area contributed by atoms with Crippen LogP contribution in [-0.4, -0.2) is 27.7 Å². The third-order valence-corrected chi connectivity index (χ3v) is 4.73. The van der Waals surface area contributed by atoms with Crippen LogP contribution in [0.2, 0.25) is 0 Å². The number of hydrogen-bond donors (Lipinski definition) is 3. The lowest BCUT2D eigenvalue weighted by molar-refractivity contribution is 0.178. The molecule has 1 unspecified atom stereocenters. The number of rotatable bonds is 5. The zero-order valence-corrected chi connectivity index (χ0v) is 14.0. The van der Waals surface area contributed by atoms with Gasteiger partial charge < -0.3 is 15.7 Å². The molecule has 0 aliphatic heterocycles. The molecule has 0 aliphatic carbocycles. The Hall–Kier alpha value is -2.51. The molecule has 7 heteroatoms. The maximum atomic E-state index is 11.9. The van der Waals surface area contributed by atoms with Crippen LogP contribution in [-0.2, 0) is 6.42 Å². The van der Waals surface area contributed by atoms with Gasteiger partial charge in [0.05, 0.1) is 24.6 Å². The first-order valence-electron chi connectivity index (χ1n) is 7.68. The van der Waals surface area contributed by atoms with E-state index in [9.17, 15) is 9.90 Å². The van der Waals surface area contributed by atoms with Crippen molar-refractivity contribution in [3.8, 4) is 0 Å².